The average molecular weight is 405 g/mol. The van der Waals surface area contributed by atoms with E-state index in [2.05, 4.69) is 47.3 Å². The molecule has 2 N–H and O–H groups in total. The zero-order valence-corrected chi connectivity index (χ0v) is 15.4. The molecular weight excluding hydrogens is 387 g/mol. The number of nitrogen functional groups attached to an aromatic ring is 1. The van der Waals surface area contributed by atoms with Crippen molar-refractivity contribution in [2.24, 2.45) is 0 Å². The third-order valence-electron chi connectivity index (χ3n) is 4.79. The van der Waals surface area contributed by atoms with E-state index in [0.29, 0.717) is 16.2 Å². The fourth-order valence-corrected chi connectivity index (χ4v) is 3.84. The van der Waals surface area contributed by atoms with Gasteiger partial charge in [-0.2, -0.15) is 0 Å². The van der Waals surface area contributed by atoms with Gasteiger partial charge in [0.2, 0.25) is 5.95 Å². The van der Waals surface area contributed by atoms with Crippen LogP contribution in [-0.4, -0.2) is 44.1 Å². The quantitative estimate of drug-likeness (QED) is 0.678. The molecule has 0 saturated carbocycles. The van der Waals surface area contributed by atoms with E-state index in [-0.39, 0.29) is 11.6 Å². The van der Waals surface area contributed by atoms with Crippen LogP contribution in [0.25, 0.3) is 22.2 Å². The minimum absolute atomic E-state index is 0.0587. The number of anilines is 1. The number of hydrogen-bond acceptors (Lipinski definition) is 5. The fourth-order valence-electron chi connectivity index (χ4n) is 3.51. The summed E-state index contributed by atoms with van der Waals surface area (Å²) in [7, 11) is 0. The van der Waals surface area contributed by atoms with Gasteiger partial charge in [0.1, 0.15) is 10.3 Å². The van der Waals surface area contributed by atoms with Crippen LogP contribution in [0, 0.1) is 5.82 Å². The number of halogens is 2. The predicted molar refractivity (Wildman–Crippen MR) is 98.6 cm³/mol. The van der Waals surface area contributed by atoms with Gasteiger partial charge in [-0.15, -0.1) is 0 Å². The number of rotatable bonds is 3. The van der Waals surface area contributed by atoms with E-state index in [0.717, 1.165) is 43.2 Å². The summed E-state index contributed by atoms with van der Waals surface area (Å²) in [5.74, 6) is -0.425. The molecule has 1 fully saturated rings. The molecule has 1 unspecified atom stereocenters. The van der Waals surface area contributed by atoms with E-state index in [1.165, 1.54) is 0 Å². The van der Waals surface area contributed by atoms with Gasteiger partial charge in [0, 0.05) is 36.3 Å². The molecule has 25 heavy (non-hydrogen) atoms. The van der Waals surface area contributed by atoms with Crippen LogP contribution in [-0.2, 0) is 0 Å². The third kappa shape index (κ3) is 2.89. The molecule has 1 aliphatic heterocycles. The van der Waals surface area contributed by atoms with Crippen molar-refractivity contribution in [2.45, 2.75) is 19.4 Å². The van der Waals surface area contributed by atoms with Gasteiger partial charge in [-0.25, -0.2) is 19.3 Å². The second-order valence-electron chi connectivity index (χ2n) is 6.23. The van der Waals surface area contributed by atoms with Crippen LogP contribution in [0.15, 0.2) is 29.3 Å². The summed E-state index contributed by atoms with van der Waals surface area (Å²) in [4.78, 5) is 14.6. The van der Waals surface area contributed by atoms with E-state index in [1.54, 1.807) is 0 Å². The molecule has 0 aliphatic carbocycles. The lowest BCUT2D eigenvalue weighted by Gasteiger charge is -2.15. The number of aromatic nitrogens is 4. The second kappa shape index (κ2) is 6.34. The summed E-state index contributed by atoms with van der Waals surface area (Å²) >= 11 is 3.41. The summed E-state index contributed by atoms with van der Waals surface area (Å²) in [6.07, 6.45) is 5.96. The largest absolute Gasteiger partial charge is 0.368 e. The number of nitrogens with two attached hydrogens (primary N) is 1. The molecule has 0 radical (unpaired) electrons. The molecule has 1 saturated heterocycles. The smallest absolute Gasteiger partial charge is 0.220 e. The van der Waals surface area contributed by atoms with Crippen LogP contribution in [0.2, 0.25) is 0 Å². The maximum absolute atomic E-state index is 14.4. The Kier molecular flexibility index (Phi) is 4.16. The number of pyridine rings is 1. The summed E-state index contributed by atoms with van der Waals surface area (Å²) in [5.41, 5.74) is 7.58. The highest BCUT2D eigenvalue weighted by Gasteiger charge is 2.26. The number of fused-ring (bicyclic) bond motifs is 1. The third-order valence-corrected chi connectivity index (χ3v) is 5.23. The lowest BCUT2D eigenvalue weighted by Crippen LogP contribution is -2.20. The molecule has 0 spiro atoms. The predicted octanol–water partition coefficient (Wildman–Crippen LogP) is 3.24. The maximum atomic E-state index is 14.4. The Balaban J connectivity index is 1.90. The zero-order chi connectivity index (χ0) is 17.6. The van der Waals surface area contributed by atoms with Crippen LogP contribution in [0.3, 0.4) is 0 Å². The van der Waals surface area contributed by atoms with Gasteiger partial charge in [-0.1, -0.05) is 6.92 Å². The second-order valence-corrected chi connectivity index (χ2v) is 7.05. The summed E-state index contributed by atoms with van der Waals surface area (Å²) < 4.78 is 17.3. The van der Waals surface area contributed by atoms with Gasteiger partial charge in [0.25, 0.3) is 0 Å². The molecule has 6 nitrogen and oxygen atoms in total. The van der Waals surface area contributed by atoms with Gasteiger partial charge in [-0.3, -0.25) is 0 Å². The Hall–Kier alpha value is -2.06. The van der Waals surface area contributed by atoms with Crippen molar-refractivity contribution in [3.8, 4) is 11.3 Å². The van der Waals surface area contributed by atoms with Crippen LogP contribution >= 0.6 is 15.9 Å². The molecule has 8 heteroatoms. The fraction of sp³-hybridized carbons (Fsp3) is 0.353. The van der Waals surface area contributed by atoms with Gasteiger partial charge in [0.05, 0.1) is 17.9 Å². The van der Waals surface area contributed by atoms with E-state index in [9.17, 15) is 4.39 Å². The Bertz CT molecular complexity index is 940. The van der Waals surface area contributed by atoms with Crippen molar-refractivity contribution in [3.05, 3.63) is 35.1 Å². The zero-order valence-electron chi connectivity index (χ0n) is 13.8. The highest BCUT2D eigenvalue weighted by Crippen LogP contribution is 2.36. The first kappa shape index (κ1) is 16.4. The molecule has 130 valence electrons. The summed E-state index contributed by atoms with van der Waals surface area (Å²) in [6.45, 7) is 5.24. The monoisotopic (exact) mass is 404 g/mol. The highest BCUT2D eigenvalue weighted by atomic mass is 79.9. The standard InChI is InChI=1S/C17H18BrFN6/c1-2-24-4-3-10(8-24)25-9-12(11-5-15(18)21-7-14(11)25)16-13(19)6-22-17(20)23-16/h5-7,9-10H,2-4,8H2,1H3,(H2,20,22,23). The molecule has 4 heterocycles. The molecule has 3 aromatic rings. The first-order valence-corrected chi connectivity index (χ1v) is 9.03. The number of hydrogen-bond donors (Lipinski definition) is 1. The summed E-state index contributed by atoms with van der Waals surface area (Å²) in [6, 6.07) is 2.23. The van der Waals surface area contributed by atoms with Crippen LogP contribution in [0.5, 0.6) is 0 Å². The van der Waals surface area contributed by atoms with Crippen LogP contribution < -0.4 is 5.73 Å². The molecule has 1 aliphatic rings. The van der Waals surface area contributed by atoms with E-state index in [4.69, 9.17) is 5.73 Å². The van der Waals surface area contributed by atoms with Crippen LogP contribution in [0.4, 0.5) is 10.3 Å². The molecule has 0 bridgehead atoms. The average Bonchev–Trinajstić information content (AvgIpc) is 3.21. The minimum Gasteiger partial charge on any atom is -0.368 e. The van der Waals surface area contributed by atoms with Gasteiger partial charge >= 0.3 is 0 Å². The van der Waals surface area contributed by atoms with Crippen molar-refractivity contribution in [1.29, 1.82) is 0 Å². The first-order valence-electron chi connectivity index (χ1n) is 8.23. The minimum atomic E-state index is -0.484. The van der Waals surface area contributed by atoms with Crippen molar-refractivity contribution >= 4 is 32.8 Å². The van der Waals surface area contributed by atoms with Crippen molar-refractivity contribution in [1.82, 2.24) is 24.4 Å². The van der Waals surface area contributed by atoms with Gasteiger partial charge < -0.3 is 15.2 Å². The van der Waals surface area contributed by atoms with Crippen LogP contribution in [0.1, 0.15) is 19.4 Å². The Morgan fingerprint density at radius 2 is 2.20 bits per heavy atom. The number of nitrogens with zero attached hydrogens (tertiary/aromatic N) is 5. The van der Waals surface area contributed by atoms with Crippen molar-refractivity contribution in [3.63, 3.8) is 0 Å². The molecule has 4 rings (SSSR count). The van der Waals surface area contributed by atoms with Gasteiger partial charge in [-0.05, 0) is 35.0 Å². The Morgan fingerprint density at radius 3 is 2.96 bits per heavy atom. The highest BCUT2D eigenvalue weighted by molar-refractivity contribution is 9.10. The summed E-state index contributed by atoms with van der Waals surface area (Å²) in [5, 5.41) is 0.897. The lowest BCUT2D eigenvalue weighted by molar-refractivity contribution is 0.343. The van der Waals surface area contributed by atoms with E-state index >= 15 is 0 Å². The number of likely N-dealkylation sites (N-methyl/N-ethyl adjacent to an activating group) is 1. The molecule has 0 amide bonds. The SMILES string of the molecule is CCN1CCC(n2cc(-c3nc(N)ncc3F)c3cc(Br)ncc32)C1. The normalized spacial score (nSPS) is 18.3. The molecule has 0 aromatic carbocycles. The molecule has 3 aromatic heterocycles. The topological polar surface area (TPSA) is 72.9 Å². The van der Waals surface area contributed by atoms with E-state index in [1.807, 2.05) is 18.5 Å². The lowest BCUT2D eigenvalue weighted by atomic mass is 10.1. The number of likely N-dealkylation sites (tertiary alicyclic amines) is 1. The van der Waals surface area contributed by atoms with Crippen molar-refractivity contribution < 1.29 is 4.39 Å². The Morgan fingerprint density at radius 1 is 1.36 bits per heavy atom. The van der Waals surface area contributed by atoms with Crippen molar-refractivity contribution in [2.75, 3.05) is 25.4 Å². The molecule has 1 atom stereocenters. The first-order chi connectivity index (χ1) is 12.1. The molecular formula is C17H18BrFN6. The Labute approximate surface area is 153 Å². The van der Waals surface area contributed by atoms with Gasteiger partial charge in [0.15, 0.2) is 5.82 Å². The maximum Gasteiger partial charge on any atom is 0.220 e. The van der Waals surface area contributed by atoms with E-state index < -0.39 is 5.82 Å².